The summed E-state index contributed by atoms with van der Waals surface area (Å²) in [5, 5.41) is 0. The maximum absolute atomic E-state index is 13.4. The summed E-state index contributed by atoms with van der Waals surface area (Å²) < 4.78 is 5.28. The van der Waals surface area contributed by atoms with Crippen molar-refractivity contribution in [2.24, 2.45) is 10.8 Å². The third-order valence-electron chi connectivity index (χ3n) is 7.81. The zero-order valence-electron chi connectivity index (χ0n) is 18.5. The van der Waals surface area contributed by atoms with Crippen LogP contribution in [-0.4, -0.2) is 72.6 Å². The third kappa shape index (κ3) is 3.35. The number of amides is 1. The van der Waals surface area contributed by atoms with E-state index in [0.717, 1.165) is 70.2 Å². The molecule has 3 saturated heterocycles. The van der Waals surface area contributed by atoms with Crippen molar-refractivity contribution in [3.8, 4) is 5.75 Å². The molecule has 31 heavy (non-hydrogen) atoms. The second kappa shape index (κ2) is 7.79. The van der Waals surface area contributed by atoms with Gasteiger partial charge in [-0.25, -0.2) is 9.97 Å². The van der Waals surface area contributed by atoms with Crippen LogP contribution in [0.2, 0.25) is 0 Å². The first-order chi connectivity index (χ1) is 15.1. The zero-order valence-corrected chi connectivity index (χ0v) is 18.5. The summed E-state index contributed by atoms with van der Waals surface area (Å²) in [6.45, 7) is 5.40. The standard InChI is InChI=1S/C24H31N5O2/c1-27-13-10-24(21(27)30)18-29(22-25-11-3-12-26-22)17-23(24)8-14-28(15-9-23)16-19-4-6-20(31-2)7-5-19/h3-7,11-12H,8-10,13-18H2,1-2H3/t24-/m1/s1. The van der Waals surface area contributed by atoms with Crippen LogP contribution in [0, 0.1) is 10.8 Å². The van der Waals surface area contributed by atoms with Gasteiger partial charge in [-0.05, 0) is 56.1 Å². The smallest absolute Gasteiger partial charge is 0.231 e. The van der Waals surface area contributed by atoms with Crippen LogP contribution < -0.4 is 9.64 Å². The molecular formula is C24H31N5O2. The van der Waals surface area contributed by atoms with Gasteiger partial charge in [0, 0.05) is 51.0 Å². The Morgan fingerprint density at radius 2 is 1.71 bits per heavy atom. The van der Waals surface area contributed by atoms with Gasteiger partial charge in [0.1, 0.15) is 5.75 Å². The van der Waals surface area contributed by atoms with E-state index in [1.807, 2.05) is 30.1 Å². The van der Waals surface area contributed by atoms with Crippen molar-refractivity contribution in [2.45, 2.75) is 25.8 Å². The van der Waals surface area contributed by atoms with E-state index in [9.17, 15) is 4.79 Å². The van der Waals surface area contributed by atoms with E-state index in [0.29, 0.717) is 5.91 Å². The van der Waals surface area contributed by atoms with Gasteiger partial charge in [0.05, 0.1) is 12.5 Å². The van der Waals surface area contributed by atoms with Gasteiger partial charge in [-0.2, -0.15) is 0 Å². The molecule has 3 aliphatic rings. The molecule has 164 valence electrons. The van der Waals surface area contributed by atoms with Crippen molar-refractivity contribution in [3.05, 3.63) is 48.3 Å². The van der Waals surface area contributed by atoms with Crippen LogP contribution in [0.1, 0.15) is 24.8 Å². The predicted molar refractivity (Wildman–Crippen MR) is 119 cm³/mol. The molecule has 7 heteroatoms. The van der Waals surface area contributed by atoms with E-state index in [1.54, 1.807) is 19.5 Å². The van der Waals surface area contributed by atoms with Crippen LogP contribution in [0.15, 0.2) is 42.7 Å². The number of aromatic nitrogens is 2. The number of anilines is 1. The molecule has 1 aromatic heterocycles. The number of nitrogens with zero attached hydrogens (tertiary/aromatic N) is 5. The predicted octanol–water partition coefficient (Wildman–Crippen LogP) is 2.44. The van der Waals surface area contributed by atoms with E-state index in [-0.39, 0.29) is 10.8 Å². The highest BCUT2D eigenvalue weighted by Gasteiger charge is 2.65. The van der Waals surface area contributed by atoms with Crippen molar-refractivity contribution in [1.29, 1.82) is 0 Å². The Balaban J connectivity index is 1.35. The second-order valence-corrected chi connectivity index (χ2v) is 9.37. The van der Waals surface area contributed by atoms with Crippen LogP contribution in [0.4, 0.5) is 5.95 Å². The molecule has 2 spiro atoms. The number of hydrogen-bond donors (Lipinski definition) is 0. The van der Waals surface area contributed by atoms with Crippen molar-refractivity contribution in [3.63, 3.8) is 0 Å². The number of hydrogen-bond acceptors (Lipinski definition) is 6. The molecule has 0 saturated carbocycles. The zero-order chi connectivity index (χ0) is 21.5. The molecule has 0 aliphatic carbocycles. The largest absolute Gasteiger partial charge is 0.497 e. The van der Waals surface area contributed by atoms with E-state index in [2.05, 4.69) is 31.9 Å². The van der Waals surface area contributed by atoms with Crippen molar-refractivity contribution < 1.29 is 9.53 Å². The maximum Gasteiger partial charge on any atom is 0.231 e. The van der Waals surface area contributed by atoms with Gasteiger partial charge in [0.2, 0.25) is 11.9 Å². The summed E-state index contributed by atoms with van der Waals surface area (Å²) >= 11 is 0. The molecule has 1 aromatic carbocycles. The highest BCUT2D eigenvalue weighted by Crippen LogP contribution is 2.58. The number of carbonyl (C=O) groups excluding carboxylic acids is 1. The molecule has 0 radical (unpaired) electrons. The Morgan fingerprint density at radius 3 is 2.32 bits per heavy atom. The molecule has 0 unspecified atom stereocenters. The summed E-state index contributed by atoms with van der Waals surface area (Å²) in [7, 11) is 3.65. The SMILES string of the molecule is COc1ccc(CN2CCC3(CC2)CN(c2ncccn2)C[C@@]32CCN(C)C2=O)cc1. The maximum atomic E-state index is 13.4. The number of fused-ring (bicyclic) bond motifs is 1. The van der Waals surface area contributed by atoms with Crippen molar-refractivity contribution in [2.75, 3.05) is 51.8 Å². The summed E-state index contributed by atoms with van der Waals surface area (Å²) in [6.07, 6.45) is 6.59. The van der Waals surface area contributed by atoms with Crippen LogP contribution >= 0.6 is 0 Å². The molecule has 5 rings (SSSR count). The number of methoxy groups -OCH3 is 1. The van der Waals surface area contributed by atoms with E-state index in [1.165, 1.54) is 5.56 Å². The second-order valence-electron chi connectivity index (χ2n) is 9.37. The molecule has 3 aliphatic heterocycles. The molecule has 4 heterocycles. The lowest BCUT2D eigenvalue weighted by Gasteiger charge is -2.46. The monoisotopic (exact) mass is 421 g/mol. The number of carbonyl (C=O) groups is 1. The van der Waals surface area contributed by atoms with Gasteiger partial charge in [-0.3, -0.25) is 9.69 Å². The molecule has 2 aromatic rings. The molecule has 0 bridgehead atoms. The van der Waals surface area contributed by atoms with Gasteiger partial charge in [-0.15, -0.1) is 0 Å². The minimum absolute atomic E-state index is 0.00947. The molecule has 0 N–H and O–H groups in total. The first-order valence-electron chi connectivity index (χ1n) is 11.2. The lowest BCUT2D eigenvalue weighted by Crippen LogP contribution is -2.52. The van der Waals surface area contributed by atoms with Gasteiger partial charge in [-0.1, -0.05) is 12.1 Å². The summed E-state index contributed by atoms with van der Waals surface area (Å²) in [4.78, 5) is 29.1. The van der Waals surface area contributed by atoms with E-state index < -0.39 is 0 Å². The van der Waals surface area contributed by atoms with Crippen molar-refractivity contribution >= 4 is 11.9 Å². The Labute approximate surface area is 184 Å². The quantitative estimate of drug-likeness (QED) is 0.756. The number of rotatable bonds is 4. The van der Waals surface area contributed by atoms with Crippen LogP contribution in [0.25, 0.3) is 0 Å². The van der Waals surface area contributed by atoms with Gasteiger partial charge in [0.15, 0.2) is 0 Å². The minimum atomic E-state index is -0.312. The lowest BCUT2D eigenvalue weighted by atomic mass is 9.60. The number of likely N-dealkylation sites (tertiary alicyclic amines) is 2. The van der Waals surface area contributed by atoms with Crippen LogP contribution in [0.5, 0.6) is 5.75 Å². The molecule has 3 fully saturated rings. The number of piperidine rings is 1. The van der Waals surface area contributed by atoms with Crippen LogP contribution in [0.3, 0.4) is 0 Å². The average molecular weight is 422 g/mol. The molecule has 7 nitrogen and oxygen atoms in total. The van der Waals surface area contributed by atoms with Gasteiger partial charge >= 0.3 is 0 Å². The van der Waals surface area contributed by atoms with Gasteiger partial charge < -0.3 is 14.5 Å². The fraction of sp³-hybridized carbons (Fsp3) is 0.542. The van der Waals surface area contributed by atoms with Gasteiger partial charge in [0.25, 0.3) is 0 Å². The third-order valence-corrected chi connectivity index (χ3v) is 7.81. The Hall–Kier alpha value is -2.67. The Morgan fingerprint density at radius 1 is 1.00 bits per heavy atom. The van der Waals surface area contributed by atoms with E-state index >= 15 is 0 Å². The van der Waals surface area contributed by atoms with Crippen molar-refractivity contribution in [1.82, 2.24) is 19.8 Å². The highest BCUT2D eigenvalue weighted by atomic mass is 16.5. The fourth-order valence-electron chi connectivity index (χ4n) is 6.00. The average Bonchev–Trinajstić information content (AvgIpc) is 3.29. The first-order valence-corrected chi connectivity index (χ1v) is 11.2. The highest BCUT2D eigenvalue weighted by molar-refractivity contribution is 5.87. The molecule has 1 amide bonds. The molecular weight excluding hydrogens is 390 g/mol. The Bertz CT molecular complexity index is 927. The topological polar surface area (TPSA) is 61.8 Å². The Kier molecular flexibility index (Phi) is 5.08. The first kappa shape index (κ1) is 20.2. The lowest BCUT2D eigenvalue weighted by molar-refractivity contribution is -0.141. The molecule has 1 atom stereocenters. The fourth-order valence-corrected chi connectivity index (χ4v) is 6.00. The number of ether oxygens (including phenoxy) is 1. The number of benzene rings is 1. The minimum Gasteiger partial charge on any atom is -0.497 e. The summed E-state index contributed by atoms with van der Waals surface area (Å²) in [5.41, 5.74) is 0.978. The summed E-state index contributed by atoms with van der Waals surface area (Å²) in [6, 6.07) is 10.2. The van der Waals surface area contributed by atoms with E-state index in [4.69, 9.17) is 4.74 Å². The summed E-state index contributed by atoms with van der Waals surface area (Å²) in [5.74, 6) is 1.96. The normalized spacial score (nSPS) is 25.7. The van der Waals surface area contributed by atoms with Crippen LogP contribution in [-0.2, 0) is 11.3 Å².